The fourth-order valence-electron chi connectivity index (χ4n) is 1.84. The fraction of sp³-hybridized carbons (Fsp3) is 0.533. The first-order valence-electron chi connectivity index (χ1n) is 6.91. The molecule has 0 spiro atoms. The van der Waals surface area contributed by atoms with Crippen LogP contribution in [0.1, 0.15) is 36.8 Å². The van der Waals surface area contributed by atoms with Crippen molar-refractivity contribution in [2.24, 2.45) is 10.3 Å². The molecule has 0 N–H and O–H groups in total. The number of aryl methyl sites for hydroxylation is 1. The number of pyridine rings is 1. The zero-order chi connectivity index (χ0) is 16.9. The van der Waals surface area contributed by atoms with Gasteiger partial charge in [0.1, 0.15) is 4.99 Å². The Kier molecular flexibility index (Phi) is 6.62. The van der Waals surface area contributed by atoms with E-state index in [2.05, 4.69) is 14.1 Å². The molecule has 0 aliphatic rings. The smallest absolute Gasteiger partial charge is 0.308 e. The van der Waals surface area contributed by atoms with Crippen LogP contribution in [0.3, 0.4) is 0 Å². The number of ether oxygens (including phenoxy) is 1. The van der Waals surface area contributed by atoms with Gasteiger partial charge in [-0.1, -0.05) is 25.2 Å². The minimum atomic E-state index is -2.56. The zero-order valence-corrected chi connectivity index (χ0v) is 15.2. The normalized spacial score (nSPS) is 16.2. The van der Waals surface area contributed by atoms with Crippen molar-refractivity contribution in [3.63, 3.8) is 0 Å². The highest BCUT2D eigenvalue weighted by atomic mass is 32.2. The summed E-state index contributed by atoms with van der Waals surface area (Å²) in [6.45, 7) is 5.44. The lowest BCUT2D eigenvalue weighted by Crippen LogP contribution is -2.17. The van der Waals surface area contributed by atoms with Gasteiger partial charge in [0.05, 0.1) is 28.0 Å². The van der Waals surface area contributed by atoms with E-state index in [0.29, 0.717) is 0 Å². The molecule has 7 heteroatoms. The molecule has 3 unspecified atom stereocenters. The van der Waals surface area contributed by atoms with Gasteiger partial charge in [-0.2, -0.15) is 4.36 Å². The second-order valence-corrected chi connectivity index (χ2v) is 8.43. The van der Waals surface area contributed by atoms with Crippen molar-refractivity contribution in [3.8, 4) is 0 Å². The van der Waals surface area contributed by atoms with Gasteiger partial charge >= 0.3 is 5.97 Å². The molecule has 0 fully saturated rings. The van der Waals surface area contributed by atoms with Crippen LogP contribution in [0.15, 0.2) is 22.7 Å². The monoisotopic (exact) mass is 342 g/mol. The summed E-state index contributed by atoms with van der Waals surface area (Å²) in [5.74, 6) is -0.747. The van der Waals surface area contributed by atoms with E-state index in [1.807, 2.05) is 26.0 Å². The van der Waals surface area contributed by atoms with Crippen LogP contribution in [0.5, 0.6) is 0 Å². The number of esters is 1. The maximum atomic E-state index is 12.8. The van der Waals surface area contributed by atoms with Crippen molar-refractivity contribution >= 4 is 32.9 Å². The third-order valence-electron chi connectivity index (χ3n) is 3.43. The first-order chi connectivity index (χ1) is 10.2. The van der Waals surface area contributed by atoms with Gasteiger partial charge in [0.2, 0.25) is 0 Å². The predicted octanol–water partition coefficient (Wildman–Crippen LogP) is 3.08. The first kappa shape index (κ1) is 18.7. The lowest BCUT2D eigenvalue weighted by atomic mass is 10.1. The molecule has 0 saturated carbocycles. The number of hydrogen-bond acceptors (Lipinski definition) is 5. The highest BCUT2D eigenvalue weighted by Crippen LogP contribution is 2.23. The SMILES string of the molecule is COC(=O)C(C)CC(=S)N=S(C)(=O)C(C)c1ccc(C)nc1. The van der Waals surface area contributed by atoms with E-state index < -0.39 is 15.6 Å². The minimum Gasteiger partial charge on any atom is -0.469 e. The van der Waals surface area contributed by atoms with Gasteiger partial charge in [0.25, 0.3) is 0 Å². The Balaban J connectivity index is 2.92. The summed E-state index contributed by atoms with van der Waals surface area (Å²) in [5, 5.41) is -0.299. The third-order valence-corrected chi connectivity index (χ3v) is 5.97. The van der Waals surface area contributed by atoms with Crippen molar-refractivity contribution in [2.45, 2.75) is 32.4 Å². The fourth-order valence-corrected chi connectivity index (χ4v) is 3.81. The Morgan fingerprint density at radius 3 is 2.59 bits per heavy atom. The van der Waals surface area contributed by atoms with Gasteiger partial charge in [-0.05, 0) is 25.5 Å². The van der Waals surface area contributed by atoms with Gasteiger partial charge in [-0.3, -0.25) is 9.78 Å². The van der Waals surface area contributed by atoms with Crippen LogP contribution in [0.2, 0.25) is 0 Å². The maximum Gasteiger partial charge on any atom is 0.308 e. The molecule has 122 valence electrons. The molecule has 0 aliphatic carbocycles. The number of aromatic nitrogens is 1. The second-order valence-electron chi connectivity index (χ2n) is 5.35. The maximum absolute atomic E-state index is 12.8. The van der Waals surface area contributed by atoms with Gasteiger partial charge in [0, 0.05) is 24.6 Å². The van der Waals surface area contributed by atoms with Crippen LogP contribution >= 0.6 is 12.2 Å². The molecule has 22 heavy (non-hydrogen) atoms. The summed E-state index contributed by atoms with van der Waals surface area (Å²) in [5.41, 5.74) is 1.75. The topological polar surface area (TPSA) is 68.6 Å². The summed E-state index contributed by atoms with van der Waals surface area (Å²) in [6.07, 6.45) is 3.54. The molecule has 0 radical (unpaired) electrons. The molecular weight excluding hydrogens is 320 g/mol. The Hall–Kier alpha value is -1.34. The van der Waals surface area contributed by atoms with Crippen LogP contribution in [-0.2, 0) is 19.3 Å². The van der Waals surface area contributed by atoms with Gasteiger partial charge in [-0.15, -0.1) is 0 Å². The molecule has 1 aromatic heterocycles. The van der Waals surface area contributed by atoms with E-state index in [-0.39, 0.29) is 22.6 Å². The predicted molar refractivity (Wildman–Crippen MR) is 92.3 cm³/mol. The summed E-state index contributed by atoms with van der Waals surface area (Å²) in [6, 6.07) is 3.77. The third kappa shape index (κ3) is 5.14. The molecule has 1 aromatic rings. The van der Waals surface area contributed by atoms with E-state index in [9.17, 15) is 9.00 Å². The van der Waals surface area contributed by atoms with E-state index in [1.54, 1.807) is 19.4 Å². The molecule has 0 saturated heterocycles. The summed E-state index contributed by atoms with van der Waals surface area (Å²) in [7, 11) is -1.23. The molecule has 0 aliphatic heterocycles. The number of nitrogens with zero attached hydrogens (tertiary/aromatic N) is 2. The lowest BCUT2D eigenvalue weighted by molar-refractivity contribution is -0.144. The number of thiocarbonyl (C=S) groups is 1. The van der Waals surface area contributed by atoms with Gasteiger partial charge in [0.15, 0.2) is 0 Å². The van der Waals surface area contributed by atoms with Crippen LogP contribution in [0.4, 0.5) is 0 Å². The van der Waals surface area contributed by atoms with Crippen LogP contribution in [0.25, 0.3) is 0 Å². The standard InChI is InChI=1S/C15H22N2O3S2/c1-10(15(18)20-4)8-14(21)17-22(5,19)12(3)13-7-6-11(2)16-9-13/h6-7,9-10,12H,8H2,1-5H3. The molecule has 1 heterocycles. The summed E-state index contributed by atoms with van der Waals surface area (Å²) in [4.78, 5) is 15.9. The Labute approximate surface area is 137 Å². The number of rotatable bonds is 5. The highest BCUT2D eigenvalue weighted by Gasteiger charge is 2.19. The van der Waals surface area contributed by atoms with E-state index >= 15 is 0 Å². The van der Waals surface area contributed by atoms with Crippen molar-refractivity contribution < 1.29 is 13.7 Å². The number of carbonyl (C=O) groups excluding carboxylic acids is 1. The van der Waals surface area contributed by atoms with E-state index in [1.165, 1.54) is 7.11 Å². The molecule has 1 rings (SSSR count). The highest BCUT2D eigenvalue weighted by molar-refractivity contribution is 7.94. The Morgan fingerprint density at radius 2 is 2.09 bits per heavy atom. The van der Waals surface area contributed by atoms with Crippen LogP contribution in [-0.4, -0.2) is 33.5 Å². The number of hydrogen-bond donors (Lipinski definition) is 0. The first-order valence-corrected chi connectivity index (χ1v) is 9.31. The number of carbonyl (C=O) groups is 1. The average Bonchev–Trinajstić information content (AvgIpc) is 2.45. The van der Waals surface area contributed by atoms with Gasteiger partial charge in [-0.25, -0.2) is 4.21 Å². The molecule has 5 nitrogen and oxygen atoms in total. The molecule has 3 atom stereocenters. The lowest BCUT2D eigenvalue weighted by Gasteiger charge is -2.15. The number of methoxy groups -OCH3 is 1. The quantitative estimate of drug-likeness (QED) is 0.607. The molecule has 0 bridgehead atoms. The van der Waals surface area contributed by atoms with Crippen molar-refractivity contribution in [1.29, 1.82) is 0 Å². The van der Waals surface area contributed by atoms with Gasteiger partial charge < -0.3 is 4.74 Å². The van der Waals surface area contributed by atoms with Crippen LogP contribution < -0.4 is 0 Å². The average molecular weight is 342 g/mol. The zero-order valence-electron chi connectivity index (χ0n) is 13.5. The summed E-state index contributed by atoms with van der Waals surface area (Å²) < 4.78 is 21.6. The Morgan fingerprint density at radius 1 is 1.45 bits per heavy atom. The second kappa shape index (κ2) is 7.78. The molecule has 0 aromatic carbocycles. The van der Waals surface area contributed by atoms with Crippen LogP contribution in [0, 0.1) is 12.8 Å². The Bertz CT molecular complexity index is 662. The minimum absolute atomic E-state index is 0.256. The van der Waals surface area contributed by atoms with Crippen molar-refractivity contribution in [3.05, 3.63) is 29.6 Å². The van der Waals surface area contributed by atoms with Crippen molar-refractivity contribution in [2.75, 3.05) is 13.4 Å². The largest absolute Gasteiger partial charge is 0.469 e. The van der Waals surface area contributed by atoms with E-state index in [4.69, 9.17) is 12.2 Å². The van der Waals surface area contributed by atoms with Crippen molar-refractivity contribution in [1.82, 2.24) is 4.98 Å². The van der Waals surface area contributed by atoms with E-state index in [0.717, 1.165) is 11.3 Å². The molecule has 0 amide bonds. The molecular formula is C15H22N2O3S2. The summed E-state index contributed by atoms with van der Waals surface area (Å²) >= 11 is 5.17.